The average Bonchev–Trinajstić information content (AvgIpc) is 2.27. The van der Waals surface area contributed by atoms with Crippen LogP contribution < -0.4 is 4.72 Å². The van der Waals surface area contributed by atoms with Crippen LogP contribution in [-0.2, 0) is 19.1 Å². The first kappa shape index (κ1) is 18.5. The fourth-order valence-corrected chi connectivity index (χ4v) is 4.01. The Balaban J connectivity index is 2.94. The molecule has 1 N–H and O–H groups in total. The van der Waals surface area contributed by atoms with Gasteiger partial charge in [-0.2, -0.15) is 0 Å². The predicted molar refractivity (Wildman–Crippen MR) is 86.0 cm³/mol. The van der Waals surface area contributed by atoms with Crippen molar-refractivity contribution in [2.75, 3.05) is 10.5 Å². The third-order valence-corrected chi connectivity index (χ3v) is 5.55. The molecule has 0 fully saturated rings. The molecular weight excluding hydrogens is 357 g/mol. The lowest BCUT2D eigenvalue weighted by atomic mass is 9.94. The molecule has 0 heterocycles. The van der Waals surface area contributed by atoms with Gasteiger partial charge in [-0.3, -0.25) is 4.72 Å². The molecule has 0 radical (unpaired) electrons. The van der Waals surface area contributed by atoms with Gasteiger partial charge in [0.1, 0.15) is 0 Å². The molecule has 1 aromatic carbocycles. The fraction of sp³-hybridized carbons (Fsp3) is 0.500. The summed E-state index contributed by atoms with van der Waals surface area (Å²) >= 11 is 5.88. The van der Waals surface area contributed by atoms with Crippen molar-refractivity contribution in [3.8, 4) is 0 Å². The molecule has 0 aliphatic rings. The number of benzene rings is 1. The highest BCUT2D eigenvalue weighted by molar-refractivity contribution is 8.13. The number of rotatable bonds is 5. The van der Waals surface area contributed by atoms with Crippen LogP contribution in [0.3, 0.4) is 0 Å². The average molecular weight is 374 g/mol. The number of sulfonamides is 1. The summed E-state index contributed by atoms with van der Waals surface area (Å²) in [6, 6.07) is 3.56. The number of nitrogens with one attached hydrogen (secondary N) is 1. The van der Waals surface area contributed by atoms with E-state index in [1.165, 1.54) is 12.1 Å². The molecule has 1 aromatic rings. The minimum absolute atomic E-state index is 0.0314. The molecule has 0 aliphatic carbocycles. The van der Waals surface area contributed by atoms with Crippen LogP contribution in [0.15, 0.2) is 23.1 Å². The second-order valence-corrected chi connectivity index (χ2v) is 10.6. The predicted octanol–water partition coefficient (Wildman–Crippen LogP) is 3.45. The first-order chi connectivity index (χ1) is 9.30. The second kappa shape index (κ2) is 6.32. The maximum atomic E-state index is 12.0. The molecule has 21 heavy (non-hydrogen) atoms. The van der Waals surface area contributed by atoms with Gasteiger partial charge in [-0.25, -0.2) is 16.8 Å². The van der Waals surface area contributed by atoms with Gasteiger partial charge in [-0.05, 0) is 30.0 Å². The Hall–Kier alpha value is -0.500. The molecule has 120 valence electrons. The molecule has 0 saturated carbocycles. The topological polar surface area (TPSA) is 80.3 Å². The number of hydrogen-bond donors (Lipinski definition) is 1. The van der Waals surface area contributed by atoms with Gasteiger partial charge < -0.3 is 0 Å². The van der Waals surface area contributed by atoms with E-state index in [4.69, 9.17) is 22.3 Å². The Morgan fingerprint density at radius 3 is 2.14 bits per heavy atom. The summed E-state index contributed by atoms with van der Waals surface area (Å²) in [4.78, 5) is -0.188. The molecule has 1 rings (SSSR count). The van der Waals surface area contributed by atoms with Crippen LogP contribution >= 0.6 is 22.3 Å². The summed E-state index contributed by atoms with van der Waals surface area (Å²) in [6.45, 7) is 5.82. The van der Waals surface area contributed by atoms with Crippen LogP contribution in [0.2, 0.25) is 5.02 Å². The molecule has 0 spiro atoms. The van der Waals surface area contributed by atoms with Crippen LogP contribution in [0.5, 0.6) is 0 Å². The summed E-state index contributed by atoms with van der Waals surface area (Å²) < 4.78 is 48.6. The van der Waals surface area contributed by atoms with Crippen molar-refractivity contribution in [1.29, 1.82) is 0 Å². The third-order valence-electron chi connectivity index (χ3n) is 2.61. The van der Waals surface area contributed by atoms with E-state index in [-0.39, 0.29) is 26.8 Å². The maximum Gasteiger partial charge on any atom is 0.261 e. The minimum Gasteiger partial charge on any atom is -0.282 e. The molecule has 0 atom stereocenters. The SMILES string of the molecule is CC(C)(C)CCS(=O)(=O)Nc1ccc(S(=O)(=O)Cl)cc1Cl. The van der Waals surface area contributed by atoms with Crippen molar-refractivity contribution >= 4 is 47.0 Å². The Morgan fingerprint density at radius 1 is 1.14 bits per heavy atom. The van der Waals surface area contributed by atoms with E-state index in [9.17, 15) is 16.8 Å². The molecule has 0 bridgehead atoms. The molecule has 0 aromatic heterocycles. The number of anilines is 1. The van der Waals surface area contributed by atoms with Gasteiger partial charge in [0.25, 0.3) is 9.05 Å². The van der Waals surface area contributed by atoms with Crippen LogP contribution in [0.1, 0.15) is 27.2 Å². The highest BCUT2D eigenvalue weighted by atomic mass is 35.7. The monoisotopic (exact) mass is 373 g/mol. The summed E-state index contributed by atoms with van der Waals surface area (Å²) in [5, 5.41) is -0.0314. The first-order valence-corrected chi connectivity index (χ1v) is 10.4. The van der Waals surface area contributed by atoms with Gasteiger partial charge in [0.05, 0.1) is 21.4 Å². The lowest BCUT2D eigenvalue weighted by Crippen LogP contribution is -2.21. The Labute approximate surface area is 135 Å². The Bertz CT molecular complexity index is 722. The molecule has 0 saturated heterocycles. The molecule has 0 aliphatic heterocycles. The van der Waals surface area contributed by atoms with Crippen LogP contribution in [-0.4, -0.2) is 22.6 Å². The molecule has 0 amide bonds. The third kappa shape index (κ3) is 6.42. The Kier molecular flexibility index (Phi) is 5.58. The standard InChI is InChI=1S/C12H17Cl2NO4S2/c1-12(2,3)6-7-20(16,17)15-11-5-4-9(8-10(11)13)21(14,18)19/h4-5,8,15H,6-7H2,1-3H3. The van der Waals surface area contributed by atoms with Crippen LogP contribution in [0.4, 0.5) is 5.69 Å². The van der Waals surface area contributed by atoms with Gasteiger partial charge in [0, 0.05) is 10.7 Å². The smallest absolute Gasteiger partial charge is 0.261 e. The first-order valence-electron chi connectivity index (χ1n) is 6.05. The van der Waals surface area contributed by atoms with Crippen molar-refractivity contribution in [2.24, 2.45) is 5.41 Å². The maximum absolute atomic E-state index is 12.0. The summed E-state index contributed by atoms with van der Waals surface area (Å²) in [5.41, 5.74) is 0.00407. The fourth-order valence-electron chi connectivity index (χ4n) is 1.39. The number of halogens is 2. The zero-order valence-electron chi connectivity index (χ0n) is 11.9. The van der Waals surface area contributed by atoms with Crippen molar-refractivity contribution in [2.45, 2.75) is 32.1 Å². The van der Waals surface area contributed by atoms with Crippen molar-refractivity contribution < 1.29 is 16.8 Å². The van der Waals surface area contributed by atoms with Crippen molar-refractivity contribution in [3.63, 3.8) is 0 Å². The van der Waals surface area contributed by atoms with Gasteiger partial charge in [0.2, 0.25) is 10.0 Å². The van der Waals surface area contributed by atoms with E-state index in [1.54, 1.807) is 0 Å². The van der Waals surface area contributed by atoms with Crippen LogP contribution in [0, 0.1) is 5.41 Å². The Morgan fingerprint density at radius 2 is 1.71 bits per heavy atom. The van der Waals surface area contributed by atoms with Gasteiger partial charge in [-0.1, -0.05) is 32.4 Å². The molecular formula is C12H17Cl2NO4S2. The summed E-state index contributed by atoms with van der Waals surface area (Å²) in [5.74, 6) is -0.0532. The van der Waals surface area contributed by atoms with Crippen LogP contribution in [0.25, 0.3) is 0 Å². The van der Waals surface area contributed by atoms with Crippen molar-refractivity contribution in [3.05, 3.63) is 23.2 Å². The highest BCUT2D eigenvalue weighted by Crippen LogP contribution is 2.28. The minimum atomic E-state index is -3.90. The van der Waals surface area contributed by atoms with Gasteiger partial charge in [0.15, 0.2) is 0 Å². The van der Waals surface area contributed by atoms with Gasteiger partial charge >= 0.3 is 0 Å². The van der Waals surface area contributed by atoms with E-state index in [2.05, 4.69) is 4.72 Å². The van der Waals surface area contributed by atoms with E-state index in [0.717, 1.165) is 6.07 Å². The van der Waals surface area contributed by atoms with E-state index in [1.807, 2.05) is 20.8 Å². The quantitative estimate of drug-likeness (QED) is 0.801. The molecule has 0 unspecified atom stereocenters. The number of hydrogen-bond acceptors (Lipinski definition) is 4. The zero-order chi connectivity index (χ0) is 16.5. The second-order valence-electron chi connectivity index (χ2n) is 5.81. The molecule has 9 heteroatoms. The van der Waals surface area contributed by atoms with Crippen molar-refractivity contribution in [1.82, 2.24) is 0 Å². The lowest BCUT2D eigenvalue weighted by Gasteiger charge is -2.18. The van der Waals surface area contributed by atoms with E-state index >= 15 is 0 Å². The van der Waals surface area contributed by atoms with E-state index < -0.39 is 19.1 Å². The van der Waals surface area contributed by atoms with Gasteiger partial charge in [-0.15, -0.1) is 0 Å². The van der Waals surface area contributed by atoms with E-state index in [0.29, 0.717) is 6.42 Å². The molecule has 5 nitrogen and oxygen atoms in total. The lowest BCUT2D eigenvalue weighted by molar-refractivity contribution is 0.397. The zero-order valence-corrected chi connectivity index (χ0v) is 15.0. The highest BCUT2D eigenvalue weighted by Gasteiger charge is 2.19. The summed E-state index contributed by atoms with van der Waals surface area (Å²) in [6.07, 6.45) is 0.480. The normalized spacial score (nSPS) is 13.2. The summed E-state index contributed by atoms with van der Waals surface area (Å²) in [7, 11) is -2.27. The largest absolute Gasteiger partial charge is 0.282 e.